The van der Waals surface area contributed by atoms with Crippen molar-refractivity contribution < 1.29 is 38.2 Å². The first-order valence-electron chi connectivity index (χ1n) is 20.0. The summed E-state index contributed by atoms with van der Waals surface area (Å²) in [5.74, 6) is -1.84. The number of hydrogen-bond acceptors (Lipinski definition) is 13. The number of aromatic nitrogens is 3. The maximum atomic E-state index is 13.3. The number of amides is 6. The predicted octanol–water partition coefficient (Wildman–Crippen LogP) is 4.03. The number of benzene rings is 2. The fourth-order valence-corrected chi connectivity index (χ4v) is 8.43. The standard InChI is InChI=1S/C43H49N9O8S/c1-6-27(23-33-50-49-26(5)51(33)43-36(24(3)25(4)61-43)38(44)28-11-13-29(14-12-28)47-34(53)7-2)39(55)46-18-20-60-22-21-59-19-17-45-31-10-8-9-30-37(31)42(58)52(41(30)57)32-15-16-35(54)48-40(32)56/h7-14,27,32,44-45H,2,6,15-23H2,1,3-5H3,(H,46,55)(H,47,53)(H,48,54,56). The minimum Gasteiger partial charge on any atom is -0.382 e. The Morgan fingerprint density at radius 2 is 1.72 bits per heavy atom. The van der Waals surface area contributed by atoms with Gasteiger partial charge in [0.25, 0.3) is 11.8 Å². The summed E-state index contributed by atoms with van der Waals surface area (Å²) >= 11 is 1.54. The smallest absolute Gasteiger partial charge is 0.264 e. The van der Waals surface area contributed by atoms with Crippen LogP contribution in [0.2, 0.25) is 0 Å². The van der Waals surface area contributed by atoms with E-state index in [0.29, 0.717) is 60.2 Å². The maximum absolute atomic E-state index is 13.3. The molecule has 5 N–H and O–H groups in total. The van der Waals surface area contributed by atoms with E-state index in [-0.39, 0.29) is 68.1 Å². The van der Waals surface area contributed by atoms with Gasteiger partial charge in [-0.05, 0) is 69.5 Å². The summed E-state index contributed by atoms with van der Waals surface area (Å²) in [6, 6.07) is 10.9. The second kappa shape index (κ2) is 19.8. The van der Waals surface area contributed by atoms with Crippen LogP contribution in [0.5, 0.6) is 0 Å². The second-order valence-electron chi connectivity index (χ2n) is 14.5. The molecule has 2 unspecified atom stereocenters. The van der Waals surface area contributed by atoms with Crippen molar-refractivity contribution in [1.82, 2.24) is 30.3 Å². The number of fused-ring (bicyclic) bond motifs is 1. The number of nitrogens with zero attached hydrogens (tertiary/aromatic N) is 4. The molecule has 0 bridgehead atoms. The topological polar surface area (TPSA) is 227 Å². The number of piperidine rings is 1. The van der Waals surface area contributed by atoms with Gasteiger partial charge < -0.3 is 25.4 Å². The lowest BCUT2D eigenvalue weighted by Crippen LogP contribution is -2.54. The number of hydrogen-bond donors (Lipinski definition) is 5. The number of thiophene rings is 1. The Morgan fingerprint density at radius 3 is 2.41 bits per heavy atom. The van der Waals surface area contributed by atoms with Gasteiger partial charge in [0.05, 0.1) is 43.3 Å². The first-order valence-corrected chi connectivity index (χ1v) is 20.8. The molecule has 2 aromatic carbocycles. The third-order valence-electron chi connectivity index (χ3n) is 10.6. The molecule has 2 atom stereocenters. The summed E-state index contributed by atoms with van der Waals surface area (Å²) in [4.78, 5) is 77.4. The molecule has 2 aliphatic rings. The number of carbonyl (C=O) groups excluding carboxylic acids is 6. The molecule has 2 aromatic heterocycles. The highest BCUT2D eigenvalue weighted by Crippen LogP contribution is 2.35. The van der Waals surface area contributed by atoms with Crippen molar-refractivity contribution in [1.29, 1.82) is 5.41 Å². The molecule has 1 saturated heterocycles. The van der Waals surface area contributed by atoms with Crippen LogP contribution in [0.4, 0.5) is 11.4 Å². The zero-order valence-corrected chi connectivity index (χ0v) is 35.3. The van der Waals surface area contributed by atoms with Crippen LogP contribution in [0.15, 0.2) is 55.1 Å². The summed E-state index contributed by atoms with van der Waals surface area (Å²) in [6.45, 7) is 13.0. The van der Waals surface area contributed by atoms with E-state index in [2.05, 4.69) is 38.0 Å². The molecule has 18 heteroatoms. The number of rotatable bonds is 20. The molecular weight excluding hydrogens is 803 g/mol. The summed E-state index contributed by atoms with van der Waals surface area (Å²) in [7, 11) is 0. The highest BCUT2D eigenvalue weighted by Gasteiger charge is 2.45. The number of ether oxygens (including phenoxy) is 2. The Labute approximate surface area is 356 Å². The third kappa shape index (κ3) is 9.82. The van der Waals surface area contributed by atoms with Crippen LogP contribution in [0.25, 0.3) is 5.00 Å². The van der Waals surface area contributed by atoms with E-state index >= 15 is 0 Å². The van der Waals surface area contributed by atoms with Gasteiger partial charge in [0.15, 0.2) is 0 Å². The molecule has 1 fully saturated rings. The molecule has 0 spiro atoms. The van der Waals surface area contributed by atoms with Crippen LogP contribution >= 0.6 is 11.3 Å². The zero-order valence-electron chi connectivity index (χ0n) is 34.5. The average molecular weight is 852 g/mol. The fraction of sp³-hybridized carbons (Fsp3) is 0.372. The van der Waals surface area contributed by atoms with Crippen LogP contribution in [0.1, 0.15) is 80.1 Å². The lowest BCUT2D eigenvalue weighted by Gasteiger charge is -2.27. The van der Waals surface area contributed by atoms with Gasteiger partial charge in [0, 0.05) is 59.2 Å². The first-order chi connectivity index (χ1) is 29.3. The van der Waals surface area contributed by atoms with Gasteiger partial charge in [-0.2, -0.15) is 0 Å². The molecule has 0 aliphatic carbocycles. The Hall–Kier alpha value is -6.37. The number of nitrogens with one attached hydrogen (secondary N) is 5. The van der Waals surface area contributed by atoms with E-state index in [0.717, 1.165) is 25.9 Å². The number of carbonyl (C=O) groups is 6. The third-order valence-corrected chi connectivity index (χ3v) is 11.8. The SMILES string of the molecule is C=CC(=O)Nc1ccc(C(=N)c2c(-n3c(C)nnc3CC(CC)C(=O)NCCOCCOCCNc3cccc4c3C(=O)N(C3CCC(=O)NC3=O)C4=O)sc(C)c2C)cc1. The summed E-state index contributed by atoms with van der Waals surface area (Å²) < 4.78 is 13.3. The van der Waals surface area contributed by atoms with Crippen molar-refractivity contribution in [3.8, 4) is 5.00 Å². The number of anilines is 2. The molecule has 6 rings (SSSR count). The lowest BCUT2D eigenvalue weighted by atomic mass is 9.99. The van der Waals surface area contributed by atoms with E-state index in [9.17, 15) is 34.2 Å². The van der Waals surface area contributed by atoms with Crippen LogP contribution in [0.3, 0.4) is 0 Å². The molecule has 17 nitrogen and oxygen atoms in total. The van der Waals surface area contributed by atoms with Crippen molar-refractivity contribution >= 4 is 63.9 Å². The molecule has 6 amide bonds. The average Bonchev–Trinajstić information content (AvgIpc) is 3.85. The van der Waals surface area contributed by atoms with Crippen molar-refractivity contribution in [2.45, 2.75) is 59.4 Å². The van der Waals surface area contributed by atoms with Crippen LogP contribution in [-0.4, -0.2) is 106 Å². The quantitative estimate of drug-likeness (QED) is 0.0369. The van der Waals surface area contributed by atoms with E-state index in [1.165, 1.54) is 12.1 Å². The molecule has 4 aromatic rings. The summed E-state index contributed by atoms with van der Waals surface area (Å²) in [6.07, 6.45) is 2.22. The normalized spacial score (nSPS) is 15.3. The van der Waals surface area contributed by atoms with Crippen LogP contribution in [0, 0.1) is 32.1 Å². The lowest BCUT2D eigenvalue weighted by molar-refractivity contribution is -0.136. The molecule has 0 radical (unpaired) electrons. The monoisotopic (exact) mass is 851 g/mol. The minimum atomic E-state index is -1.04. The van der Waals surface area contributed by atoms with Crippen molar-refractivity contribution in [3.63, 3.8) is 0 Å². The largest absolute Gasteiger partial charge is 0.382 e. The van der Waals surface area contributed by atoms with Crippen molar-refractivity contribution in [3.05, 3.63) is 99.5 Å². The van der Waals surface area contributed by atoms with Gasteiger partial charge in [0.2, 0.25) is 23.6 Å². The van der Waals surface area contributed by atoms with Crippen molar-refractivity contribution in [2.75, 3.05) is 50.2 Å². The highest BCUT2D eigenvalue weighted by atomic mass is 32.1. The second-order valence-corrected chi connectivity index (χ2v) is 15.7. The van der Waals surface area contributed by atoms with E-state index in [4.69, 9.17) is 9.47 Å². The summed E-state index contributed by atoms with van der Waals surface area (Å²) in [5, 5.41) is 29.9. The van der Waals surface area contributed by atoms with Gasteiger partial charge in [-0.1, -0.05) is 31.7 Å². The van der Waals surface area contributed by atoms with Crippen LogP contribution < -0.4 is 21.3 Å². The first kappa shape index (κ1) is 44.2. The van der Waals surface area contributed by atoms with E-state index in [1.54, 1.807) is 47.7 Å². The molecule has 0 saturated carbocycles. The predicted molar refractivity (Wildman–Crippen MR) is 228 cm³/mol. The molecule has 61 heavy (non-hydrogen) atoms. The van der Waals surface area contributed by atoms with E-state index < -0.39 is 29.7 Å². The molecule has 2 aliphatic heterocycles. The summed E-state index contributed by atoms with van der Waals surface area (Å²) in [5.41, 5.74) is 4.12. The zero-order chi connectivity index (χ0) is 43.8. The van der Waals surface area contributed by atoms with Gasteiger partial charge in [-0.3, -0.25) is 49.0 Å². The maximum Gasteiger partial charge on any atom is 0.264 e. The van der Waals surface area contributed by atoms with Gasteiger partial charge in [-0.15, -0.1) is 21.5 Å². The Morgan fingerprint density at radius 1 is 1.00 bits per heavy atom. The number of imide groups is 2. The van der Waals surface area contributed by atoms with Crippen molar-refractivity contribution in [2.24, 2.45) is 5.92 Å². The Kier molecular flexibility index (Phi) is 14.3. The fourth-order valence-electron chi connectivity index (χ4n) is 7.20. The van der Waals surface area contributed by atoms with Gasteiger partial charge >= 0.3 is 0 Å². The Bertz CT molecular complexity index is 2370. The molecule has 4 heterocycles. The van der Waals surface area contributed by atoms with Gasteiger partial charge in [0.1, 0.15) is 22.7 Å². The van der Waals surface area contributed by atoms with Crippen LogP contribution in [-0.2, 0) is 35.1 Å². The van der Waals surface area contributed by atoms with E-state index in [1.807, 2.05) is 32.3 Å². The van der Waals surface area contributed by atoms with Gasteiger partial charge in [-0.25, -0.2) is 0 Å². The minimum absolute atomic E-state index is 0.0446. The molecular formula is C43H49N9O8S. The number of aryl methyl sites for hydroxylation is 2. The molecule has 320 valence electrons. The Balaban J connectivity index is 0.943. The highest BCUT2D eigenvalue weighted by molar-refractivity contribution is 7.15.